The number of amides is 1. The van der Waals surface area contributed by atoms with Gasteiger partial charge in [-0.15, -0.1) is 0 Å². The molecule has 0 unspecified atom stereocenters. The fourth-order valence-corrected chi connectivity index (χ4v) is 8.35. The Labute approximate surface area is 208 Å². The van der Waals surface area contributed by atoms with Crippen molar-refractivity contribution in [2.45, 2.75) is 78.6 Å². The van der Waals surface area contributed by atoms with Gasteiger partial charge in [0.2, 0.25) is 0 Å². The molecule has 1 amide bonds. The number of aliphatic hydroxyl groups excluding tert-OH is 2. The Morgan fingerprint density at radius 1 is 1.26 bits per heavy atom. The third-order valence-electron chi connectivity index (χ3n) is 10.3. The van der Waals surface area contributed by atoms with Gasteiger partial charge in [0.15, 0.2) is 17.5 Å². The summed E-state index contributed by atoms with van der Waals surface area (Å²) in [6.07, 6.45) is 2.84. The van der Waals surface area contributed by atoms with Gasteiger partial charge >= 0.3 is 6.09 Å². The van der Waals surface area contributed by atoms with E-state index >= 15 is 0 Å². The molecule has 0 aromatic heterocycles. The van der Waals surface area contributed by atoms with Crippen molar-refractivity contribution < 1.29 is 29.6 Å². The molecule has 2 saturated carbocycles. The second kappa shape index (κ2) is 7.65. The number of rotatable bonds is 2. The third-order valence-corrected chi connectivity index (χ3v) is 10.3. The minimum absolute atomic E-state index is 0.0229. The van der Waals surface area contributed by atoms with Crippen LogP contribution in [0.2, 0.25) is 0 Å². The van der Waals surface area contributed by atoms with E-state index in [1.54, 1.807) is 24.0 Å². The zero-order valence-electron chi connectivity index (χ0n) is 21.9. The first-order valence-corrected chi connectivity index (χ1v) is 13.1. The molecule has 5 rings (SSSR count). The van der Waals surface area contributed by atoms with Crippen molar-refractivity contribution in [2.24, 2.45) is 39.9 Å². The van der Waals surface area contributed by atoms with Gasteiger partial charge in [-0.05, 0) is 65.9 Å². The summed E-state index contributed by atoms with van der Waals surface area (Å²) in [5.74, 6) is -0.503. The van der Waals surface area contributed by atoms with E-state index in [4.69, 9.17) is 4.74 Å². The largest absolute Gasteiger partial charge is 0.438 e. The van der Waals surface area contributed by atoms with Crippen LogP contribution in [-0.4, -0.2) is 69.6 Å². The van der Waals surface area contributed by atoms with Gasteiger partial charge in [0.1, 0.15) is 6.10 Å². The summed E-state index contributed by atoms with van der Waals surface area (Å²) in [5.41, 5.74) is -2.73. The minimum Gasteiger partial charge on any atom is -0.438 e. The van der Waals surface area contributed by atoms with Crippen molar-refractivity contribution in [1.82, 2.24) is 4.90 Å². The maximum Gasteiger partial charge on any atom is 0.410 e. The van der Waals surface area contributed by atoms with Gasteiger partial charge in [-0.2, -0.15) is 0 Å². The molecule has 1 spiro atoms. The molecule has 2 bridgehead atoms. The monoisotopic (exact) mass is 487 g/mol. The lowest BCUT2D eigenvalue weighted by Crippen LogP contribution is -2.66. The number of nitrogens with zero attached hydrogens (tertiary/aromatic N) is 1. The van der Waals surface area contributed by atoms with E-state index in [9.17, 15) is 24.9 Å². The Balaban J connectivity index is 1.57. The summed E-state index contributed by atoms with van der Waals surface area (Å²) in [6.45, 7) is 12.9. The lowest BCUT2D eigenvalue weighted by molar-refractivity contribution is -0.191. The number of piperidine rings is 1. The van der Waals surface area contributed by atoms with Gasteiger partial charge < -0.3 is 25.0 Å². The molecule has 194 valence electrons. The number of fused-ring (bicyclic) bond motifs is 3. The lowest BCUT2D eigenvalue weighted by atomic mass is 9.59. The molecule has 8 atom stereocenters. The summed E-state index contributed by atoms with van der Waals surface area (Å²) in [4.78, 5) is 29.4. The Hall–Kier alpha value is -1.70. The number of ether oxygens (including phenoxy) is 1. The molecule has 0 aromatic carbocycles. The molecular formula is C28H41NO6. The van der Waals surface area contributed by atoms with Crippen LogP contribution in [0.1, 0.15) is 60.8 Å². The summed E-state index contributed by atoms with van der Waals surface area (Å²) >= 11 is 0. The molecule has 5 aliphatic rings. The highest BCUT2D eigenvalue weighted by molar-refractivity contribution is 5.95. The predicted molar refractivity (Wildman–Crippen MR) is 130 cm³/mol. The van der Waals surface area contributed by atoms with Crippen molar-refractivity contribution in [3.8, 4) is 0 Å². The summed E-state index contributed by atoms with van der Waals surface area (Å²) < 4.78 is 6.00. The number of carbonyl (C=O) groups is 2. The normalized spacial score (nSPS) is 45.4. The molecule has 1 aliphatic heterocycles. The third kappa shape index (κ3) is 3.20. The standard InChI is InChI=1S/C28H41NO6/c1-15-12-27-16(2)10-19-20(26(19,5)6)18(22(27)32)11-17(13-30)21(31)28(27,34)23(15)35-24(33)29-9-7-8-25(3,4)14-29/h11-12,16,18-21,23,30-31,34H,7-10,13-14H2,1-6H3/t16-,18+,19-,20-,21-,23+,27+,28+/m1/s1. The molecule has 7 nitrogen and oxygen atoms in total. The number of ketones is 1. The van der Waals surface area contributed by atoms with Crippen molar-refractivity contribution in [3.05, 3.63) is 23.3 Å². The summed E-state index contributed by atoms with van der Waals surface area (Å²) in [7, 11) is 0. The Morgan fingerprint density at radius 2 is 1.94 bits per heavy atom. The first-order chi connectivity index (χ1) is 16.2. The Kier molecular flexibility index (Phi) is 5.46. The van der Waals surface area contributed by atoms with Crippen LogP contribution in [0, 0.1) is 39.9 Å². The molecule has 35 heavy (non-hydrogen) atoms. The molecule has 1 heterocycles. The van der Waals surface area contributed by atoms with Crippen LogP contribution >= 0.6 is 0 Å². The number of likely N-dealkylation sites (tertiary alicyclic amines) is 1. The van der Waals surface area contributed by atoms with Crippen LogP contribution in [0.4, 0.5) is 4.79 Å². The SMILES string of the molecule is CC1=C[C@]23C(=O)[C@@H](C=C(CO)[C@@H](O)[C@]2(O)[C@H]1OC(=O)N1CCCC(C)(C)C1)[C@@H]1[C@@H](C[C@H]3C)C1(C)C. The van der Waals surface area contributed by atoms with Gasteiger partial charge in [0.25, 0.3) is 0 Å². The van der Waals surface area contributed by atoms with Crippen molar-refractivity contribution >= 4 is 11.9 Å². The molecular weight excluding hydrogens is 446 g/mol. The van der Waals surface area contributed by atoms with Crippen LogP contribution in [-0.2, 0) is 9.53 Å². The quantitative estimate of drug-likeness (QED) is 0.517. The van der Waals surface area contributed by atoms with E-state index in [1.165, 1.54) is 0 Å². The molecule has 4 aliphatic carbocycles. The second-order valence-corrected chi connectivity index (χ2v) is 13.3. The zero-order valence-corrected chi connectivity index (χ0v) is 21.9. The Morgan fingerprint density at radius 3 is 2.57 bits per heavy atom. The topological polar surface area (TPSA) is 107 Å². The van der Waals surface area contributed by atoms with E-state index in [-0.39, 0.29) is 34.0 Å². The van der Waals surface area contributed by atoms with Crippen molar-refractivity contribution in [3.63, 3.8) is 0 Å². The highest BCUT2D eigenvalue weighted by Gasteiger charge is 2.76. The number of aliphatic hydroxyl groups is 3. The number of hydrogen-bond donors (Lipinski definition) is 3. The average molecular weight is 488 g/mol. The lowest BCUT2D eigenvalue weighted by Gasteiger charge is -2.49. The van der Waals surface area contributed by atoms with E-state index < -0.39 is 41.8 Å². The van der Waals surface area contributed by atoms with Crippen LogP contribution in [0.25, 0.3) is 0 Å². The maximum atomic E-state index is 14.4. The molecule has 3 fully saturated rings. The van der Waals surface area contributed by atoms with Crippen LogP contribution in [0.15, 0.2) is 23.3 Å². The molecule has 0 radical (unpaired) electrons. The first-order valence-electron chi connectivity index (χ1n) is 13.1. The number of hydrogen-bond acceptors (Lipinski definition) is 6. The van der Waals surface area contributed by atoms with Gasteiger partial charge in [0, 0.05) is 19.0 Å². The molecule has 0 aromatic rings. The second-order valence-electron chi connectivity index (χ2n) is 13.3. The van der Waals surface area contributed by atoms with Crippen LogP contribution in [0.3, 0.4) is 0 Å². The highest BCUT2D eigenvalue weighted by Crippen LogP contribution is 2.71. The van der Waals surface area contributed by atoms with Crippen molar-refractivity contribution in [2.75, 3.05) is 19.7 Å². The Bertz CT molecular complexity index is 1010. The number of carbonyl (C=O) groups excluding carboxylic acids is 2. The van der Waals surface area contributed by atoms with E-state index in [1.807, 2.05) is 6.92 Å². The minimum atomic E-state index is -2.08. The van der Waals surface area contributed by atoms with Gasteiger partial charge in [-0.25, -0.2) is 4.79 Å². The fourth-order valence-electron chi connectivity index (χ4n) is 8.35. The van der Waals surface area contributed by atoms with E-state index in [0.717, 1.165) is 19.3 Å². The van der Waals surface area contributed by atoms with E-state index in [0.29, 0.717) is 24.6 Å². The van der Waals surface area contributed by atoms with Crippen molar-refractivity contribution in [1.29, 1.82) is 0 Å². The molecule has 3 N–H and O–H groups in total. The van der Waals surface area contributed by atoms with Gasteiger partial charge in [-0.1, -0.05) is 46.8 Å². The highest BCUT2D eigenvalue weighted by atomic mass is 16.6. The molecule has 1 saturated heterocycles. The maximum absolute atomic E-state index is 14.4. The van der Waals surface area contributed by atoms with E-state index in [2.05, 4.69) is 27.7 Å². The van der Waals surface area contributed by atoms with Gasteiger partial charge in [0.05, 0.1) is 12.0 Å². The number of allylic oxidation sites excluding steroid dienone is 1. The fraction of sp³-hybridized carbons (Fsp3) is 0.786. The smallest absolute Gasteiger partial charge is 0.410 e. The van der Waals surface area contributed by atoms with Crippen LogP contribution in [0.5, 0.6) is 0 Å². The first kappa shape index (κ1) is 25.0. The number of Topliss-reactive ketones (excluding diaryl/α,β-unsaturated/α-hetero) is 1. The van der Waals surface area contributed by atoms with Crippen LogP contribution < -0.4 is 0 Å². The predicted octanol–water partition coefficient (Wildman–Crippen LogP) is 3.08. The van der Waals surface area contributed by atoms with Gasteiger partial charge in [-0.3, -0.25) is 4.79 Å². The zero-order chi connectivity index (χ0) is 25.7. The summed E-state index contributed by atoms with van der Waals surface area (Å²) in [5, 5.41) is 34.3. The summed E-state index contributed by atoms with van der Waals surface area (Å²) in [6, 6.07) is 0. The molecule has 7 heteroatoms. The average Bonchev–Trinajstić information content (AvgIpc) is 3.27.